The van der Waals surface area contributed by atoms with Crippen LogP contribution in [0, 0.1) is 0 Å². The van der Waals surface area contributed by atoms with Crippen molar-refractivity contribution in [1.82, 2.24) is 20.9 Å². The maximum atomic E-state index is 12.9. The van der Waals surface area contributed by atoms with Crippen molar-refractivity contribution in [2.75, 3.05) is 13.1 Å². The summed E-state index contributed by atoms with van der Waals surface area (Å²) in [7, 11) is 0. The van der Waals surface area contributed by atoms with E-state index in [2.05, 4.69) is 46.3 Å². The number of hydrogen-bond acceptors (Lipinski definition) is 5. The molecule has 0 saturated carbocycles. The maximum Gasteiger partial charge on any atom is 0.255 e. The van der Waals surface area contributed by atoms with Crippen molar-refractivity contribution < 1.29 is 14.4 Å². The molecule has 3 aliphatic heterocycles. The number of benzene rings is 2. The van der Waals surface area contributed by atoms with Crippen molar-refractivity contribution in [2.24, 2.45) is 0 Å². The molecule has 0 radical (unpaired) electrons. The number of carbonyl (C=O) groups excluding carboxylic acids is 3. The van der Waals surface area contributed by atoms with E-state index in [1.807, 2.05) is 12.1 Å². The highest BCUT2D eigenvalue weighted by Crippen LogP contribution is 2.28. The zero-order valence-corrected chi connectivity index (χ0v) is 17.3. The standard InChI is InChI=1S/C24H26N4O3/c29-22-8-7-21(23(30)27-22)28-14-17-11-15(5-6-19(17)24(28)31)12-26-20-13-25-10-9-16-3-1-2-4-18(16)20/h1-6,11,20-21,25-26H,7-10,12-14H2,(H,27,29,30). The molecular weight excluding hydrogens is 392 g/mol. The maximum absolute atomic E-state index is 12.9. The molecule has 3 N–H and O–H groups in total. The summed E-state index contributed by atoms with van der Waals surface area (Å²) in [6, 6.07) is 14.1. The lowest BCUT2D eigenvalue weighted by Crippen LogP contribution is -2.52. The second-order valence-corrected chi connectivity index (χ2v) is 8.48. The fourth-order valence-electron chi connectivity index (χ4n) is 4.84. The van der Waals surface area contributed by atoms with E-state index < -0.39 is 6.04 Å². The zero-order chi connectivity index (χ0) is 21.4. The first-order chi connectivity index (χ1) is 15.1. The smallest absolute Gasteiger partial charge is 0.255 e. The van der Waals surface area contributed by atoms with Crippen molar-refractivity contribution in [3.05, 3.63) is 70.3 Å². The highest BCUT2D eigenvalue weighted by molar-refractivity contribution is 6.05. The first kappa shape index (κ1) is 19.9. The number of hydrogen-bond donors (Lipinski definition) is 3. The molecule has 0 aromatic heterocycles. The van der Waals surface area contributed by atoms with Crippen LogP contribution in [0.15, 0.2) is 42.5 Å². The Morgan fingerprint density at radius 2 is 1.90 bits per heavy atom. The predicted molar refractivity (Wildman–Crippen MR) is 115 cm³/mol. The van der Waals surface area contributed by atoms with Crippen molar-refractivity contribution >= 4 is 17.7 Å². The molecule has 3 amide bonds. The van der Waals surface area contributed by atoms with E-state index in [0.29, 0.717) is 25.1 Å². The summed E-state index contributed by atoms with van der Waals surface area (Å²) < 4.78 is 0. The number of rotatable bonds is 4. The highest BCUT2D eigenvalue weighted by atomic mass is 16.2. The Balaban J connectivity index is 1.29. The molecule has 160 valence electrons. The normalized spacial score (nSPS) is 23.2. The molecule has 2 aromatic rings. The van der Waals surface area contributed by atoms with Crippen LogP contribution in [-0.4, -0.2) is 41.8 Å². The van der Waals surface area contributed by atoms with E-state index in [9.17, 15) is 14.4 Å². The van der Waals surface area contributed by atoms with Gasteiger partial charge in [0.15, 0.2) is 0 Å². The van der Waals surface area contributed by atoms with Gasteiger partial charge in [0.25, 0.3) is 5.91 Å². The molecule has 1 fully saturated rings. The summed E-state index contributed by atoms with van der Waals surface area (Å²) in [5.41, 5.74) is 5.42. The Labute approximate surface area is 181 Å². The molecular formula is C24H26N4O3. The lowest BCUT2D eigenvalue weighted by Gasteiger charge is -2.29. The molecule has 3 aliphatic rings. The minimum absolute atomic E-state index is 0.133. The fraction of sp³-hybridized carbons (Fsp3) is 0.375. The fourth-order valence-corrected chi connectivity index (χ4v) is 4.84. The molecule has 7 heteroatoms. The number of nitrogens with zero attached hydrogens (tertiary/aromatic N) is 1. The molecule has 2 atom stereocenters. The minimum Gasteiger partial charge on any atom is -0.322 e. The van der Waals surface area contributed by atoms with Crippen molar-refractivity contribution in [2.45, 2.75) is 44.4 Å². The van der Waals surface area contributed by atoms with Crippen LogP contribution in [-0.2, 0) is 29.1 Å². The molecule has 7 nitrogen and oxygen atoms in total. The number of carbonyl (C=O) groups is 3. The Kier molecular flexibility index (Phi) is 5.29. The zero-order valence-electron chi connectivity index (χ0n) is 17.3. The lowest BCUT2D eigenvalue weighted by molar-refractivity contribution is -0.136. The predicted octanol–water partition coefficient (Wildman–Crippen LogP) is 1.42. The van der Waals surface area contributed by atoms with Gasteiger partial charge in [0, 0.05) is 37.7 Å². The highest BCUT2D eigenvalue weighted by Gasteiger charge is 2.39. The molecule has 31 heavy (non-hydrogen) atoms. The molecule has 0 spiro atoms. The lowest BCUT2D eigenvalue weighted by atomic mass is 9.99. The van der Waals surface area contributed by atoms with E-state index >= 15 is 0 Å². The van der Waals surface area contributed by atoms with Gasteiger partial charge in [0.2, 0.25) is 11.8 Å². The van der Waals surface area contributed by atoms with Gasteiger partial charge in [-0.25, -0.2) is 0 Å². The van der Waals surface area contributed by atoms with Crippen LogP contribution in [0.4, 0.5) is 0 Å². The van der Waals surface area contributed by atoms with Gasteiger partial charge in [-0.2, -0.15) is 0 Å². The number of piperidine rings is 1. The van der Waals surface area contributed by atoms with Crippen LogP contribution in [0.5, 0.6) is 0 Å². The van der Waals surface area contributed by atoms with Crippen molar-refractivity contribution in [1.29, 1.82) is 0 Å². The largest absolute Gasteiger partial charge is 0.322 e. The summed E-state index contributed by atoms with van der Waals surface area (Å²) in [5, 5.41) is 9.51. The van der Waals surface area contributed by atoms with Gasteiger partial charge in [-0.3, -0.25) is 19.7 Å². The Morgan fingerprint density at radius 1 is 1.03 bits per heavy atom. The third-order valence-electron chi connectivity index (χ3n) is 6.49. The van der Waals surface area contributed by atoms with E-state index in [1.54, 1.807) is 4.90 Å². The molecule has 3 heterocycles. The number of fused-ring (bicyclic) bond motifs is 2. The van der Waals surface area contributed by atoms with Crippen molar-refractivity contribution in [3.8, 4) is 0 Å². The molecule has 5 rings (SSSR count). The molecule has 2 unspecified atom stereocenters. The monoisotopic (exact) mass is 418 g/mol. The SMILES string of the molecule is O=C1CCC(N2Cc3cc(CNC4CNCCc5ccccc54)ccc3C2=O)C(=O)N1. The summed E-state index contributed by atoms with van der Waals surface area (Å²) >= 11 is 0. The minimum atomic E-state index is -0.576. The molecule has 2 aromatic carbocycles. The van der Waals surface area contributed by atoms with Gasteiger partial charge in [-0.05, 0) is 47.7 Å². The second-order valence-electron chi connectivity index (χ2n) is 8.48. The topological polar surface area (TPSA) is 90.5 Å². The first-order valence-electron chi connectivity index (χ1n) is 10.9. The van der Waals surface area contributed by atoms with Crippen LogP contribution in [0.25, 0.3) is 0 Å². The summed E-state index contributed by atoms with van der Waals surface area (Å²) in [6.45, 7) is 2.96. The van der Waals surface area contributed by atoms with Crippen molar-refractivity contribution in [3.63, 3.8) is 0 Å². The Hall–Kier alpha value is -3.03. The summed E-state index contributed by atoms with van der Waals surface area (Å²) in [5.74, 6) is -0.780. The van der Waals surface area contributed by atoms with Gasteiger partial charge in [-0.15, -0.1) is 0 Å². The van der Waals surface area contributed by atoms with E-state index in [0.717, 1.165) is 30.6 Å². The average Bonchev–Trinajstić information content (AvgIpc) is 2.95. The third kappa shape index (κ3) is 3.86. The molecule has 1 saturated heterocycles. The average molecular weight is 418 g/mol. The Morgan fingerprint density at radius 3 is 2.77 bits per heavy atom. The van der Waals surface area contributed by atoms with E-state index in [-0.39, 0.29) is 30.2 Å². The first-order valence-corrected chi connectivity index (χ1v) is 10.9. The van der Waals surface area contributed by atoms with Crippen LogP contribution in [0.2, 0.25) is 0 Å². The van der Waals surface area contributed by atoms with Crippen LogP contribution < -0.4 is 16.0 Å². The Bertz CT molecular complexity index is 1050. The van der Waals surface area contributed by atoms with Crippen LogP contribution >= 0.6 is 0 Å². The van der Waals surface area contributed by atoms with Gasteiger partial charge in [-0.1, -0.05) is 36.4 Å². The number of nitrogens with one attached hydrogen (secondary N) is 3. The summed E-state index contributed by atoms with van der Waals surface area (Å²) in [4.78, 5) is 38.1. The number of imide groups is 1. The van der Waals surface area contributed by atoms with Crippen LogP contribution in [0.3, 0.4) is 0 Å². The van der Waals surface area contributed by atoms with Gasteiger partial charge >= 0.3 is 0 Å². The second kappa shape index (κ2) is 8.24. The van der Waals surface area contributed by atoms with Gasteiger partial charge in [0.1, 0.15) is 6.04 Å². The summed E-state index contributed by atoms with van der Waals surface area (Å²) in [6.07, 6.45) is 1.68. The quantitative estimate of drug-likeness (QED) is 0.654. The van der Waals surface area contributed by atoms with E-state index in [1.165, 1.54) is 11.1 Å². The molecule has 0 bridgehead atoms. The van der Waals surface area contributed by atoms with E-state index in [4.69, 9.17) is 0 Å². The van der Waals surface area contributed by atoms with Gasteiger partial charge < -0.3 is 15.5 Å². The number of amides is 3. The van der Waals surface area contributed by atoms with Gasteiger partial charge in [0.05, 0.1) is 0 Å². The molecule has 0 aliphatic carbocycles. The van der Waals surface area contributed by atoms with Crippen LogP contribution in [0.1, 0.15) is 51.5 Å². The third-order valence-corrected chi connectivity index (χ3v) is 6.49.